The molecule has 0 saturated carbocycles. The lowest BCUT2D eigenvalue weighted by Gasteiger charge is -2.47. The van der Waals surface area contributed by atoms with E-state index in [4.69, 9.17) is 4.74 Å². The summed E-state index contributed by atoms with van der Waals surface area (Å²) in [5, 5.41) is 9.98. The lowest BCUT2D eigenvalue weighted by atomic mass is 9.83. The number of ether oxygens (including phenoxy) is 1. The van der Waals surface area contributed by atoms with Gasteiger partial charge in [0.05, 0.1) is 12.2 Å². The Morgan fingerprint density at radius 2 is 2.00 bits per heavy atom. The maximum absolute atomic E-state index is 9.98. The highest BCUT2D eigenvalue weighted by atomic mass is 16.5. The van der Waals surface area contributed by atoms with Crippen molar-refractivity contribution in [3.63, 3.8) is 0 Å². The fourth-order valence-electron chi connectivity index (χ4n) is 4.46. The molecule has 3 heteroatoms. The predicted molar refractivity (Wildman–Crippen MR) is 99.8 cm³/mol. The number of fused-ring (bicyclic) bond motifs is 3. The van der Waals surface area contributed by atoms with Gasteiger partial charge < -0.3 is 9.84 Å². The molecule has 0 amide bonds. The van der Waals surface area contributed by atoms with Crippen LogP contribution in [-0.2, 0) is 17.6 Å². The minimum atomic E-state index is 0.0739. The highest BCUT2D eigenvalue weighted by molar-refractivity contribution is 5.39. The summed E-state index contributed by atoms with van der Waals surface area (Å²) in [5.74, 6) is 0.343. The number of aryl methyl sites for hydroxylation is 1. The quantitative estimate of drug-likeness (QED) is 0.912. The van der Waals surface area contributed by atoms with Gasteiger partial charge in [0.2, 0.25) is 0 Å². The monoisotopic (exact) mass is 337 g/mol. The summed E-state index contributed by atoms with van der Waals surface area (Å²) < 4.78 is 6.60. The molecule has 1 N–H and O–H groups in total. The lowest BCUT2D eigenvalue weighted by Crippen LogP contribution is -2.53. The van der Waals surface area contributed by atoms with Crippen LogP contribution in [0.25, 0.3) is 0 Å². The van der Waals surface area contributed by atoms with Gasteiger partial charge in [-0.1, -0.05) is 43.3 Å². The molecule has 1 aliphatic carbocycles. The van der Waals surface area contributed by atoms with Gasteiger partial charge in [0.1, 0.15) is 5.75 Å². The van der Waals surface area contributed by atoms with E-state index in [0.717, 1.165) is 38.8 Å². The van der Waals surface area contributed by atoms with E-state index in [0.29, 0.717) is 11.8 Å². The second-order valence-corrected chi connectivity index (χ2v) is 7.35. The van der Waals surface area contributed by atoms with Crippen molar-refractivity contribution in [3.05, 3.63) is 65.2 Å². The molecule has 1 aliphatic heterocycles. The van der Waals surface area contributed by atoms with Gasteiger partial charge in [-0.25, -0.2) is 0 Å². The van der Waals surface area contributed by atoms with E-state index in [1.165, 1.54) is 16.7 Å². The van der Waals surface area contributed by atoms with Crippen molar-refractivity contribution in [1.82, 2.24) is 4.90 Å². The van der Waals surface area contributed by atoms with Crippen LogP contribution < -0.4 is 0 Å². The third-order valence-corrected chi connectivity index (χ3v) is 5.56. The summed E-state index contributed by atoms with van der Waals surface area (Å²) in [7, 11) is 0. The highest BCUT2D eigenvalue weighted by Gasteiger charge is 2.40. The van der Waals surface area contributed by atoms with Crippen LogP contribution in [0.4, 0.5) is 0 Å². The molecule has 25 heavy (non-hydrogen) atoms. The molecular formula is C22H27NO2. The summed E-state index contributed by atoms with van der Waals surface area (Å²) >= 11 is 0. The van der Waals surface area contributed by atoms with Crippen molar-refractivity contribution in [2.45, 2.75) is 50.9 Å². The van der Waals surface area contributed by atoms with Crippen LogP contribution in [0.1, 0.15) is 42.6 Å². The van der Waals surface area contributed by atoms with E-state index in [1.54, 1.807) is 6.07 Å². The standard InChI is InChI=1S/C22H27NO2/c1-2-12-23-15-19(13-16-6-4-3-5-7-16)25-22-20-14-18(24)10-8-17(20)9-11-21(22)23/h3-8,10,14,19,21-22,24H,2,9,11-13,15H2,1H3. The smallest absolute Gasteiger partial charge is 0.115 e. The van der Waals surface area contributed by atoms with E-state index in [9.17, 15) is 5.11 Å². The fraction of sp³-hybridized carbons (Fsp3) is 0.455. The second kappa shape index (κ2) is 7.19. The number of hydrogen-bond donors (Lipinski definition) is 1. The molecule has 1 saturated heterocycles. The molecule has 1 fully saturated rings. The van der Waals surface area contributed by atoms with Gasteiger partial charge >= 0.3 is 0 Å². The van der Waals surface area contributed by atoms with E-state index in [-0.39, 0.29) is 12.2 Å². The van der Waals surface area contributed by atoms with E-state index in [1.807, 2.05) is 6.07 Å². The molecule has 3 unspecified atom stereocenters. The largest absolute Gasteiger partial charge is 0.508 e. The number of phenolic OH excluding ortho intramolecular Hbond substituents is 1. The Balaban J connectivity index is 1.61. The van der Waals surface area contributed by atoms with Gasteiger partial charge in [0, 0.05) is 12.6 Å². The number of hydrogen-bond acceptors (Lipinski definition) is 3. The molecule has 2 aromatic carbocycles. The molecule has 0 aromatic heterocycles. The van der Waals surface area contributed by atoms with Crippen molar-refractivity contribution in [3.8, 4) is 5.75 Å². The first-order chi connectivity index (χ1) is 12.2. The molecule has 132 valence electrons. The molecule has 0 spiro atoms. The van der Waals surface area contributed by atoms with Crippen molar-refractivity contribution < 1.29 is 9.84 Å². The van der Waals surface area contributed by atoms with Crippen LogP contribution in [0.2, 0.25) is 0 Å². The van der Waals surface area contributed by atoms with E-state index in [2.05, 4.69) is 48.2 Å². The maximum Gasteiger partial charge on any atom is 0.115 e. The second-order valence-electron chi connectivity index (χ2n) is 7.35. The fourth-order valence-corrected chi connectivity index (χ4v) is 4.46. The molecular weight excluding hydrogens is 310 g/mol. The first-order valence-corrected chi connectivity index (χ1v) is 9.50. The highest BCUT2D eigenvalue weighted by Crippen LogP contribution is 2.41. The van der Waals surface area contributed by atoms with Crippen LogP contribution >= 0.6 is 0 Å². The Morgan fingerprint density at radius 1 is 1.16 bits per heavy atom. The number of phenols is 1. The molecule has 3 nitrogen and oxygen atoms in total. The Hall–Kier alpha value is -1.84. The Labute approximate surface area is 150 Å². The average Bonchev–Trinajstić information content (AvgIpc) is 2.63. The zero-order valence-electron chi connectivity index (χ0n) is 14.9. The van der Waals surface area contributed by atoms with Gasteiger partial charge in [0.15, 0.2) is 0 Å². The topological polar surface area (TPSA) is 32.7 Å². The number of benzene rings is 2. The molecule has 2 aliphatic rings. The molecule has 4 rings (SSSR count). The minimum Gasteiger partial charge on any atom is -0.508 e. The molecule has 3 atom stereocenters. The van der Waals surface area contributed by atoms with Crippen LogP contribution in [0.3, 0.4) is 0 Å². The molecule has 0 bridgehead atoms. The van der Waals surface area contributed by atoms with Gasteiger partial charge in [-0.2, -0.15) is 0 Å². The Morgan fingerprint density at radius 3 is 2.80 bits per heavy atom. The molecule has 0 radical (unpaired) electrons. The third-order valence-electron chi connectivity index (χ3n) is 5.56. The van der Waals surface area contributed by atoms with Crippen molar-refractivity contribution >= 4 is 0 Å². The Bertz CT molecular complexity index is 715. The van der Waals surface area contributed by atoms with Gasteiger partial charge in [-0.05, 0) is 61.1 Å². The first-order valence-electron chi connectivity index (χ1n) is 9.50. The van der Waals surface area contributed by atoms with Crippen molar-refractivity contribution in [2.24, 2.45) is 0 Å². The average molecular weight is 337 g/mol. The predicted octanol–water partition coefficient (Wildman–Crippen LogP) is 4.10. The summed E-state index contributed by atoms with van der Waals surface area (Å²) in [4.78, 5) is 2.62. The summed E-state index contributed by atoms with van der Waals surface area (Å²) in [6.45, 7) is 4.36. The van der Waals surface area contributed by atoms with Crippen LogP contribution in [-0.4, -0.2) is 35.2 Å². The number of morpholine rings is 1. The summed E-state index contributed by atoms with van der Waals surface area (Å²) in [6, 6.07) is 16.8. The van der Waals surface area contributed by atoms with E-state index >= 15 is 0 Å². The normalized spacial score (nSPS) is 26.0. The van der Waals surface area contributed by atoms with Crippen LogP contribution in [0.15, 0.2) is 48.5 Å². The molecule has 2 aromatic rings. The number of aromatic hydroxyl groups is 1. The van der Waals surface area contributed by atoms with Gasteiger partial charge in [-0.3, -0.25) is 4.90 Å². The number of nitrogens with zero attached hydrogens (tertiary/aromatic N) is 1. The van der Waals surface area contributed by atoms with Gasteiger partial charge in [0.25, 0.3) is 0 Å². The van der Waals surface area contributed by atoms with Crippen LogP contribution in [0, 0.1) is 0 Å². The van der Waals surface area contributed by atoms with Crippen molar-refractivity contribution in [2.75, 3.05) is 13.1 Å². The number of rotatable bonds is 4. The van der Waals surface area contributed by atoms with Gasteiger partial charge in [-0.15, -0.1) is 0 Å². The summed E-state index contributed by atoms with van der Waals surface area (Å²) in [5.41, 5.74) is 3.85. The Kier molecular flexibility index (Phi) is 4.78. The van der Waals surface area contributed by atoms with Crippen LogP contribution in [0.5, 0.6) is 5.75 Å². The van der Waals surface area contributed by atoms with Crippen molar-refractivity contribution in [1.29, 1.82) is 0 Å². The lowest BCUT2D eigenvalue weighted by molar-refractivity contribution is -0.127. The zero-order chi connectivity index (χ0) is 17.2. The molecule has 1 heterocycles. The SMILES string of the molecule is CCCN1CC(Cc2ccccc2)OC2c3cc(O)ccc3CCC21. The minimum absolute atomic E-state index is 0.0739. The third kappa shape index (κ3) is 3.44. The van der Waals surface area contributed by atoms with E-state index < -0.39 is 0 Å². The summed E-state index contributed by atoms with van der Waals surface area (Å²) in [6.07, 6.45) is 4.59. The first kappa shape index (κ1) is 16.6. The maximum atomic E-state index is 9.98. The zero-order valence-corrected chi connectivity index (χ0v) is 14.9.